The van der Waals surface area contributed by atoms with E-state index in [0.717, 1.165) is 29.3 Å². The Balaban J connectivity index is 2.43. The minimum atomic E-state index is 0.255. The normalized spacial score (nSPS) is 11.8. The first-order valence-electron chi connectivity index (χ1n) is 5.87. The van der Waals surface area contributed by atoms with Gasteiger partial charge in [0.25, 0.3) is 0 Å². The summed E-state index contributed by atoms with van der Waals surface area (Å²) in [6, 6.07) is 7.03. The van der Waals surface area contributed by atoms with E-state index in [1.165, 1.54) is 0 Å². The molecule has 0 unspecified atom stereocenters. The number of aromatic hydroxyl groups is 1. The van der Waals surface area contributed by atoms with E-state index in [9.17, 15) is 5.11 Å². The molecular formula is C13H16N4O. The molecule has 0 radical (unpaired) electrons. The maximum absolute atomic E-state index is 9.29. The molecule has 18 heavy (non-hydrogen) atoms. The molecule has 0 atom stereocenters. The average Bonchev–Trinajstić information content (AvgIpc) is 2.68. The number of nitrogens with zero attached hydrogens (tertiary/aromatic N) is 4. The van der Waals surface area contributed by atoms with Gasteiger partial charge in [0.15, 0.2) is 11.6 Å². The third-order valence-electron chi connectivity index (χ3n) is 2.71. The van der Waals surface area contributed by atoms with Crippen LogP contribution in [0, 0.1) is 13.8 Å². The van der Waals surface area contributed by atoms with Gasteiger partial charge in [-0.1, -0.05) is 6.92 Å². The summed E-state index contributed by atoms with van der Waals surface area (Å²) in [7, 11) is 0. The number of aromatic nitrogens is 3. The van der Waals surface area contributed by atoms with Gasteiger partial charge in [-0.25, -0.2) is 4.68 Å². The molecule has 0 bridgehead atoms. The lowest BCUT2D eigenvalue weighted by Crippen LogP contribution is -2.05. The highest BCUT2D eigenvalue weighted by Gasteiger charge is 2.06. The van der Waals surface area contributed by atoms with Crippen molar-refractivity contribution in [2.45, 2.75) is 27.2 Å². The van der Waals surface area contributed by atoms with E-state index in [-0.39, 0.29) is 5.75 Å². The molecular weight excluding hydrogens is 228 g/mol. The summed E-state index contributed by atoms with van der Waals surface area (Å²) >= 11 is 0. The van der Waals surface area contributed by atoms with Gasteiger partial charge in [0.1, 0.15) is 5.75 Å². The number of rotatable bonds is 3. The van der Waals surface area contributed by atoms with Gasteiger partial charge < -0.3 is 5.11 Å². The highest BCUT2D eigenvalue weighted by atomic mass is 16.3. The van der Waals surface area contributed by atoms with Crippen molar-refractivity contribution < 1.29 is 5.11 Å². The van der Waals surface area contributed by atoms with Crippen LogP contribution in [0.5, 0.6) is 5.75 Å². The fourth-order valence-electron chi connectivity index (χ4n) is 1.72. The first-order chi connectivity index (χ1) is 8.61. The lowest BCUT2D eigenvalue weighted by molar-refractivity contribution is 0.475. The van der Waals surface area contributed by atoms with Gasteiger partial charge in [0.05, 0.1) is 5.71 Å². The second-order valence-electron chi connectivity index (χ2n) is 4.05. The van der Waals surface area contributed by atoms with Crippen LogP contribution in [-0.2, 0) is 0 Å². The van der Waals surface area contributed by atoms with E-state index in [4.69, 9.17) is 0 Å². The summed E-state index contributed by atoms with van der Waals surface area (Å²) < 4.78 is 1.73. The molecule has 1 aromatic carbocycles. The summed E-state index contributed by atoms with van der Waals surface area (Å²) in [5.41, 5.74) is 1.92. The molecule has 1 aromatic heterocycles. The molecule has 2 rings (SSSR count). The SMILES string of the molecule is CCC(=Nn1c(C)nnc1C)c1ccc(O)cc1. The Hall–Kier alpha value is -2.17. The molecule has 0 aliphatic heterocycles. The molecule has 0 fully saturated rings. The second kappa shape index (κ2) is 5.00. The van der Waals surface area contributed by atoms with Crippen molar-refractivity contribution >= 4 is 5.71 Å². The zero-order chi connectivity index (χ0) is 13.1. The maximum Gasteiger partial charge on any atom is 0.151 e. The van der Waals surface area contributed by atoms with Crippen molar-refractivity contribution in [3.63, 3.8) is 0 Å². The largest absolute Gasteiger partial charge is 0.508 e. The third-order valence-corrected chi connectivity index (χ3v) is 2.71. The Labute approximate surface area is 106 Å². The lowest BCUT2D eigenvalue weighted by atomic mass is 10.1. The van der Waals surface area contributed by atoms with Crippen LogP contribution < -0.4 is 0 Å². The number of aryl methyl sites for hydroxylation is 2. The Kier molecular flexibility index (Phi) is 3.41. The third kappa shape index (κ3) is 2.40. The standard InChI is InChI=1S/C13H16N4O/c1-4-13(11-5-7-12(18)8-6-11)16-17-9(2)14-15-10(17)3/h5-8,18H,4H2,1-3H3. The molecule has 2 aromatic rings. The van der Waals surface area contributed by atoms with Gasteiger partial charge in [-0.15, -0.1) is 10.2 Å². The van der Waals surface area contributed by atoms with Gasteiger partial charge in [-0.3, -0.25) is 0 Å². The van der Waals surface area contributed by atoms with Crippen LogP contribution in [-0.4, -0.2) is 25.7 Å². The van der Waals surface area contributed by atoms with Crippen LogP contribution in [0.4, 0.5) is 0 Å². The zero-order valence-electron chi connectivity index (χ0n) is 10.8. The molecule has 1 N–H and O–H groups in total. The van der Waals surface area contributed by atoms with Crippen molar-refractivity contribution in [3.8, 4) is 5.75 Å². The van der Waals surface area contributed by atoms with E-state index in [2.05, 4.69) is 15.3 Å². The van der Waals surface area contributed by atoms with Crippen LogP contribution in [0.1, 0.15) is 30.6 Å². The van der Waals surface area contributed by atoms with Crippen molar-refractivity contribution in [1.82, 2.24) is 14.9 Å². The fourth-order valence-corrected chi connectivity index (χ4v) is 1.72. The van der Waals surface area contributed by atoms with Gasteiger partial charge in [0, 0.05) is 0 Å². The predicted octanol–water partition coefficient (Wildman–Crippen LogP) is 2.26. The first kappa shape index (κ1) is 12.3. The Morgan fingerprint density at radius 3 is 2.22 bits per heavy atom. The summed E-state index contributed by atoms with van der Waals surface area (Å²) in [4.78, 5) is 0. The Bertz CT molecular complexity index is 550. The van der Waals surface area contributed by atoms with E-state index >= 15 is 0 Å². The van der Waals surface area contributed by atoms with Gasteiger partial charge >= 0.3 is 0 Å². The smallest absolute Gasteiger partial charge is 0.151 e. The Morgan fingerprint density at radius 1 is 1.17 bits per heavy atom. The maximum atomic E-state index is 9.29. The molecule has 5 heteroatoms. The van der Waals surface area contributed by atoms with Crippen molar-refractivity contribution in [2.75, 3.05) is 0 Å². The van der Waals surface area contributed by atoms with Crippen LogP contribution in [0.2, 0.25) is 0 Å². The minimum Gasteiger partial charge on any atom is -0.508 e. The fraction of sp³-hybridized carbons (Fsp3) is 0.308. The monoisotopic (exact) mass is 244 g/mol. The first-order valence-corrected chi connectivity index (χ1v) is 5.87. The molecule has 1 heterocycles. The van der Waals surface area contributed by atoms with Crippen LogP contribution >= 0.6 is 0 Å². The van der Waals surface area contributed by atoms with E-state index < -0.39 is 0 Å². The highest BCUT2D eigenvalue weighted by molar-refractivity contribution is 6.00. The summed E-state index contributed by atoms with van der Waals surface area (Å²) in [6.45, 7) is 5.78. The lowest BCUT2D eigenvalue weighted by Gasteiger charge is -2.06. The van der Waals surface area contributed by atoms with E-state index in [1.54, 1.807) is 16.8 Å². The average molecular weight is 244 g/mol. The number of phenolic OH excluding ortho intramolecular Hbond substituents is 1. The van der Waals surface area contributed by atoms with Gasteiger partial charge in [-0.2, -0.15) is 5.10 Å². The molecule has 0 spiro atoms. The number of phenols is 1. The molecule has 0 saturated heterocycles. The molecule has 94 valence electrons. The summed E-state index contributed by atoms with van der Waals surface area (Å²) in [5.74, 6) is 1.78. The topological polar surface area (TPSA) is 63.3 Å². The highest BCUT2D eigenvalue weighted by Crippen LogP contribution is 2.13. The number of hydrogen-bond donors (Lipinski definition) is 1. The van der Waals surface area contributed by atoms with Crippen molar-refractivity contribution in [2.24, 2.45) is 5.10 Å². The number of benzene rings is 1. The van der Waals surface area contributed by atoms with Gasteiger partial charge in [-0.05, 0) is 50.1 Å². The molecule has 5 nitrogen and oxygen atoms in total. The molecule has 0 aliphatic rings. The quantitative estimate of drug-likeness (QED) is 0.842. The summed E-state index contributed by atoms with van der Waals surface area (Å²) in [6.07, 6.45) is 0.793. The van der Waals surface area contributed by atoms with Crippen LogP contribution in [0.3, 0.4) is 0 Å². The van der Waals surface area contributed by atoms with Crippen LogP contribution in [0.15, 0.2) is 29.4 Å². The minimum absolute atomic E-state index is 0.255. The predicted molar refractivity (Wildman–Crippen MR) is 69.8 cm³/mol. The van der Waals surface area contributed by atoms with Crippen molar-refractivity contribution in [3.05, 3.63) is 41.5 Å². The second-order valence-corrected chi connectivity index (χ2v) is 4.05. The molecule has 0 saturated carbocycles. The number of hydrogen-bond acceptors (Lipinski definition) is 4. The van der Waals surface area contributed by atoms with E-state index in [1.807, 2.05) is 32.9 Å². The summed E-state index contributed by atoms with van der Waals surface area (Å²) in [5, 5.41) is 21.8. The van der Waals surface area contributed by atoms with E-state index in [0.29, 0.717) is 0 Å². The zero-order valence-corrected chi connectivity index (χ0v) is 10.8. The molecule has 0 amide bonds. The molecule has 0 aliphatic carbocycles. The Morgan fingerprint density at radius 2 is 1.72 bits per heavy atom. The van der Waals surface area contributed by atoms with Crippen LogP contribution in [0.25, 0.3) is 0 Å². The van der Waals surface area contributed by atoms with Crippen molar-refractivity contribution in [1.29, 1.82) is 0 Å². The van der Waals surface area contributed by atoms with Gasteiger partial charge in [0.2, 0.25) is 0 Å².